The lowest BCUT2D eigenvalue weighted by Gasteiger charge is -2.31. The van der Waals surface area contributed by atoms with Crippen molar-refractivity contribution in [1.82, 2.24) is 20.2 Å². The molecule has 2 fully saturated rings. The first-order chi connectivity index (χ1) is 15.8. The van der Waals surface area contributed by atoms with Crippen molar-refractivity contribution in [2.24, 2.45) is 5.92 Å². The third-order valence-electron chi connectivity index (χ3n) is 5.85. The SMILES string of the molecule is O=C(Nc1cc(N2CCOCC2)ncn1)C1CCN(c2ccc(-c3ccco3)nn2)CC1. The van der Waals surface area contributed by atoms with Crippen LogP contribution < -0.4 is 15.1 Å². The summed E-state index contributed by atoms with van der Waals surface area (Å²) in [6, 6.07) is 9.36. The van der Waals surface area contributed by atoms with Gasteiger partial charge in [-0.05, 0) is 37.1 Å². The van der Waals surface area contributed by atoms with Crippen LogP contribution in [0.15, 0.2) is 47.3 Å². The highest BCUT2D eigenvalue weighted by Crippen LogP contribution is 2.25. The minimum Gasteiger partial charge on any atom is -0.463 e. The van der Waals surface area contributed by atoms with Crippen LogP contribution in [0.1, 0.15) is 12.8 Å². The van der Waals surface area contributed by atoms with Gasteiger partial charge >= 0.3 is 0 Å². The Labute approximate surface area is 185 Å². The van der Waals surface area contributed by atoms with E-state index in [4.69, 9.17) is 9.15 Å². The molecular weight excluding hydrogens is 410 g/mol. The molecule has 0 aromatic carbocycles. The molecule has 3 aromatic heterocycles. The molecular formula is C22H25N7O3. The molecule has 2 aliphatic heterocycles. The van der Waals surface area contributed by atoms with Crippen molar-refractivity contribution in [3.8, 4) is 11.5 Å². The van der Waals surface area contributed by atoms with Crippen molar-refractivity contribution in [2.45, 2.75) is 12.8 Å². The Balaban J connectivity index is 1.15. The van der Waals surface area contributed by atoms with Gasteiger partial charge in [-0.2, -0.15) is 0 Å². The molecule has 0 atom stereocenters. The van der Waals surface area contributed by atoms with Crippen molar-refractivity contribution in [2.75, 3.05) is 54.5 Å². The standard InChI is InChI=1S/C22H25N7O3/c30-22(25-19-14-21(24-15-23-19)29-9-12-31-13-10-29)16-5-7-28(8-6-16)20-4-3-17(26-27-20)18-2-1-11-32-18/h1-4,11,14-16H,5-10,12-13H2,(H,23,24,25,30). The summed E-state index contributed by atoms with van der Waals surface area (Å²) < 4.78 is 10.7. The van der Waals surface area contributed by atoms with E-state index in [9.17, 15) is 4.79 Å². The summed E-state index contributed by atoms with van der Waals surface area (Å²) in [5, 5.41) is 11.6. The maximum atomic E-state index is 12.8. The number of aromatic nitrogens is 4. The summed E-state index contributed by atoms with van der Waals surface area (Å²) >= 11 is 0. The third-order valence-corrected chi connectivity index (χ3v) is 5.85. The lowest BCUT2D eigenvalue weighted by molar-refractivity contribution is -0.120. The molecule has 0 saturated carbocycles. The number of carbonyl (C=O) groups excluding carboxylic acids is 1. The van der Waals surface area contributed by atoms with Crippen molar-refractivity contribution in [3.05, 3.63) is 42.9 Å². The predicted octanol–water partition coefficient (Wildman–Crippen LogP) is 2.22. The summed E-state index contributed by atoms with van der Waals surface area (Å²) in [5.74, 6) is 2.78. The molecule has 1 N–H and O–H groups in total. The van der Waals surface area contributed by atoms with Gasteiger partial charge in [-0.3, -0.25) is 4.79 Å². The lowest BCUT2D eigenvalue weighted by Crippen LogP contribution is -2.39. The number of furan rings is 1. The van der Waals surface area contributed by atoms with Gasteiger partial charge in [0.1, 0.15) is 23.7 Å². The van der Waals surface area contributed by atoms with Gasteiger partial charge in [0.15, 0.2) is 11.6 Å². The monoisotopic (exact) mass is 435 g/mol. The maximum absolute atomic E-state index is 12.8. The first kappa shape index (κ1) is 20.4. The number of anilines is 3. The summed E-state index contributed by atoms with van der Waals surface area (Å²) in [6.45, 7) is 4.42. The average molecular weight is 435 g/mol. The lowest BCUT2D eigenvalue weighted by atomic mass is 9.96. The van der Waals surface area contributed by atoms with Gasteiger partial charge in [-0.25, -0.2) is 9.97 Å². The molecule has 10 heteroatoms. The number of ether oxygens (including phenoxy) is 1. The predicted molar refractivity (Wildman–Crippen MR) is 118 cm³/mol. The van der Waals surface area contributed by atoms with Crippen LogP contribution >= 0.6 is 0 Å². The van der Waals surface area contributed by atoms with E-state index in [0.29, 0.717) is 30.5 Å². The highest BCUT2D eigenvalue weighted by atomic mass is 16.5. The van der Waals surface area contributed by atoms with Crippen molar-refractivity contribution in [1.29, 1.82) is 0 Å². The maximum Gasteiger partial charge on any atom is 0.228 e. The number of nitrogens with one attached hydrogen (secondary N) is 1. The van der Waals surface area contributed by atoms with E-state index < -0.39 is 0 Å². The van der Waals surface area contributed by atoms with Crippen LogP contribution in [-0.4, -0.2) is 65.5 Å². The molecule has 166 valence electrons. The Bertz CT molecular complexity index is 1030. The van der Waals surface area contributed by atoms with Gasteiger partial charge in [0.05, 0.1) is 19.5 Å². The number of carbonyl (C=O) groups is 1. The van der Waals surface area contributed by atoms with Gasteiger partial charge in [0, 0.05) is 38.2 Å². The van der Waals surface area contributed by atoms with Crippen LogP contribution in [0, 0.1) is 5.92 Å². The van der Waals surface area contributed by atoms with Crippen LogP contribution in [0.5, 0.6) is 0 Å². The van der Waals surface area contributed by atoms with E-state index >= 15 is 0 Å². The van der Waals surface area contributed by atoms with E-state index in [2.05, 4.69) is 35.3 Å². The van der Waals surface area contributed by atoms with Crippen LogP contribution in [0.4, 0.5) is 17.5 Å². The molecule has 3 aromatic rings. The minimum atomic E-state index is -0.0663. The molecule has 0 radical (unpaired) electrons. The Hall–Kier alpha value is -3.53. The molecule has 1 amide bonds. The molecule has 2 saturated heterocycles. The fourth-order valence-electron chi connectivity index (χ4n) is 4.03. The Morgan fingerprint density at radius 2 is 1.78 bits per heavy atom. The Morgan fingerprint density at radius 3 is 2.50 bits per heavy atom. The molecule has 2 aliphatic rings. The van der Waals surface area contributed by atoms with Crippen molar-refractivity contribution >= 4 is 23.4 Å². The van der Waals surface area contributed by atoms with Crippen LogP contribution in [-0.2, 0) is 9.53 Å². The van der Waals surface area contributed by atoms with Gasteiger partial charge in [0.25, 0.3) is 0 Å². The molecule has 0 unspecified atom stereocenters. The van der Waals surface area contributed by atoms with Gasteiger partial charge in [-0.1, -0.05) is 0 Å². The van der Waals surface area contributed by atoms with E-state index in [1.807, 2.05) is 30.3 Å². The van der Waals surface area contributed by atoms with Crippen LogP contribution in [0.2, 0.25) is 0 Å². The zero-order chi connectivity index (χ0) is 21.8. The second-order valence-corrected chi connectivity index (χ2v) is 7.87. The Kier molecular flexibility index (Phi) is 5.93. The summed E-state index contributed by atoms with van der Waals surface area (Å²) in [7, 11) is 0. The van der Waals surface area contributed by atoms with E-state index in [0.717, 1.165) is 50.7 Å². The molecule has 32 heavy (non-hydrogen) atoms. The zero-order valence-corrected chi connectivity index (χ0v) is 17.7. The highest BCUT2D eigenvalue weighted by Gasteiger charge is 2.26. The summed E-state index contributed by atoms with van der Waals surface area (Å²) in [6.07, 6.45) is 4.60. The van der Waals surface area contributed by atoms with Gasteiger partial charge in [-0.15, -0.1) is 10.2 Å². The van der Waals surface area contributed by atoms with Crippen LogP contribution in [0.25, 0.3) is 11.5 Å². The Morgan fingerprint density at radius 1 is 0.969 bits per heavy atom. The topological polar surface area (TPSA) is 110 Å². The number of amides is 1. The average Bonchev–Trinajstić information content (AvgIpc) is 3.40. The summed E-state index contributed by atoms with van der Waals surface area (Å²) in [4.78, 5) is 25.7. The number of nitrogens with zero attached hydrogens (tertiary/aromatic N) is 6. The largest absolute Gasteiger partial charge is 0.463 e. The number of hydrogen-bond acceptors (Lipinski definition) is 9. The normalized spacial score (nSPS) is 17.4. The van der Waals surface area contributed by atoms with Crippen LogP contribution in [0.3, 0.4) is 0 Å². The molecule has 5 rings (SSSR count). The van der Waals surface area contributed by atoms with Crippen molar-refractivity contribution in [3.63, 3.8) is 0 Å². The quantitative estimate of drug-likeness (QED) is 0.645. The fraction of sp³-hybridized carbons (Fsp3) is 0.409. The highest BCUT2D eigenvalue weighted by molar-refractivity contribution is 5.92. The number of morpholine rings is 1. The third kappa shape index (κ3) is 4.54. The van der Waals surface area contributed by atoms with E-state index in [1.165, 1.54) is 6.33 Å². The number of rotatable bonds is 5. The smallest absolute Gasteiger partial charge is 0.228 e. The second kappa shape index (κ2) is 9.31. The fourth-order valence-corrected chi connectivity index (χ4v) is 4.03. The van der Waals surface area contributed by atoms with Gasteiger partial charge < -0.3 is 24.3 Å². The zero-order valence-electron chi connectivity index (χ0n) is 17.7. The molecule has 0 spiro atoms. The molecule has 5 heterocycles. The first-order valence-electron chi connectivity index (χ1n) is 10.8. The van der Waals surface area contributed by atoms with Gasteiger partial charge in [0.2, 0.25) is 5.91 Å². The van der Waals surface area contributed by atoms with E-state index in [1.54, 1.807) is 6.26 Å². The molecule has 10 nitrogen and oxygen atoms in total. The number of hydrogen-bond donors (Lipinski definition) is 1. The minimum absolute atomic E-state index is 0.00414. The molecule has 0 bridgehead atoms. The van der Waals surface area contributed by atoms with Crippen molar-refractivity contribution < 1.29 is 13.9 Å². The molecule has 0 aliphatic carbocycles. The second-order valence-electron chi connectivity index (χ2n) is 7.87. The first-order valence-corrected chi connectivity index (χ1v) is 10.8. The number of piperidine rings is 1. The summed E-state index contributed by atoms with van der Waals surface area (Å²) in [5.41, 5.74) is 0.703. The van der Waals surface area contributed by atoms with E-state index in [-0.39, 0.29) is 11.8 Å².